The molecule has 1 N–H and O–H groups in total. The van der Waals surface area contributed by atoms with Crippen molar-refractivity contribution in [1.82, 2.24) is 0 Å². The summed E-state index contributed by atoms with van der Waals surface area (Å²) >= 11 is 0. The Morgan fingerprint density at radius 2 is 1.03 bits per heavy atom. The fourth-order valence-electron chi connectivity index (χ4n) is 4.45. The number of hydrogen-bond donors (Lipinski definition) is 1. The van der Waals surface area contributed by atoms with Gasteiger partial charge in [0.2, 0.25) is 0 Å². The lowest BCUT2D eigenvalue weighted by molar-refractivity contribution is -0.152. The number of ether oxygens (including phenoxy) is 2. The Hall–Kier alpha value is -1.10. The first-order valence-electron chi connectivity index (χ1n) is 14.2. The molecule has 0 aromatic rings. The van der Waals surface area contributed by atoms with Gasteiger partial charge in [-0.3, -0.25) is 0 Å². The fraction of sp³-hybridized carbons (Fsp3) is 0.931. The van der Waals surface area contributed by atoms with E-state index in [-0.39, 0.29) is 6.61 Å². The molecule has 3 atom stereocenters. The van der Waals surface area contributed by atoms with Crippen molar-refractivity contribution in [2.24, 2.45) is 23.7 Å². The average Bonchev–Trinajstić information content (AvgIpc) is 2.75. The fourth-order valence-corrected chi connectivity index (χ4v) is 4.45. The molecule has 0 saturated heterocycles. The third-order valence-corrected chi connectivity index (χ3v) is 6.84. The minimum absolute atomic E-state index is 0.294. The van der Waals surface area contributed by atoms with Crippen molar-refractivity contribution in [2.75, 3.05) is 19.8 Å². The van der Waals surface area contributed by atoms with E-state index in [1.165, 1.54) is 89.9 Å². The molecule has 0 bridgehead atoms. The molecule has 0 heterocycles. The second-order valence-electron chi connectivity index (χ2n) is 11.2. The van der Waals surface area contributed by atoms with E-state index >= 15 is 0 Å². The predicted octanol–water partition coefficient (Wildman–Crippen LogP) is 8.05. The molecule has 34 heavy (non-hydrogen) atoms. The number of carbonyl (C=O) groups excluding carboxylic acids is 1. The molecule has 0 aliphatic rings. The molecule has 0 fully saturated rings. The number of carboxylic acid groups (broad SMARTS) is 1. The molecule has 202 valence electrons. The number of carboxylic acids is 1. The monoisotopic (exact) mass is 484 g/mol. The molecule has 0 aromatic heterocycles. The minimum atomic E-state index is -1.08. The third kappa shape index (κ3) is 24.0. The lowest BCUT2D eigenvalue weighted by Crippen LogP contribution is -2.17. The Morgan fingerprint density at radius 3 is 1.53 bits per heavy atom. The highest BCUT2D eigenvalue weighted by Crippen LogP contribution is 2.22. The maximum absolute atomic E-state index is 11.4. The molecule has 0 radical (unpaired) electrons. The summed E-state index contributed by atoms with van der Waals surface area (Å²) in [4.78, 5) is 21.7. The van der Waals surface area contributed by atoms with Gasteiger partial charge in [-0.05, 0) is 30.1 Å². The molecule has 3 unspecified atom stereocenters. The van der Waals surface area contributed by atoms with Gasteiger partial charge in [-0.15, -0.1) is 0 Å². The maximum atomic E-state index is 11.4. The lowest BCUT2D eigenvalue weighted by Gasteiger charge is -2.15. The van der Waals surface area contributed by atoms with E-state index in [1.807, 2.05) is 0 Å². The van der Waals surface area contributed by atoms with Gasteiger partial charge in [0.15, 0.2) is 0 Å². The van der Waals surface area contributed by atoms with Crippen LogP contribution in [-0.2, 0) is 19.1 Å². The first-order chi connectivity index (χ1) is 16.2. The Balaban J connectivity index is 3.45. The number of aliphatic carboxylic acids is 1. The van der Waals surface area contributed by atoms with Gasteiger partial charge in [0.25, 0.3) is 0 Å². The number of carbonyl (C=O) groups is 2. The van der Waals surface area contributed by atoms with E-state index in [0.717, 1.165) is 24.2 Å². The van der Waals surface area contributed by atoms with Crippen LogP contribution in [0.4, 0.5) is 0 Å². The zero-order valence-corrected chi connectivity index (χ0v) is 23.1. The molecule has 0 spiro atoms. The second-order valence-corrected chi connectivity index (χ2v) is 11.2. The molecule has 0 saturated carbocycles. The van der Waals surface area contributed by atoms with Crippen LogP contribution < -0.4 is 0 Å². The molecule has 0 aliphatic carbocycles. The summed E-state index contributed by atoms with van der Waals surface area (Å²) in [6, 6.07) is 0. The van der Waals surface area contributed by atoms with Crippen molar-refractivity contribution >= 4 is 11.9 Å². The highest BCUT2D eigenvalue weighted by Gasteiger charge is 2.08. The Labute approximate surface area is 210 Å². The van der Waals surface area contributed by atoms with Crippen LogP contribution in [0.5, 0.6) is 0 Å². The SMILES string of the molecule is CC(C)CCCC(C)CCCC(C)CCCCCCCCC(C)CCOC(=O)COCC(=O)O. The number of hydrogen-bond acceptors (Lipinski definition) is 4. The van der Waals surface area contributed by atoms with Crippen LogP contribution in [0, 0.1) is 23.7 Å². The van der Waals surface area contributed by atoms with Gasteiger partial charge in [0, 0.05) is 0 Å². The van der Waals surface area contributed by atoms with E-state index in [2.05, 4.69) is 34.6 Å². The summed E-state index contributed by atoms with van der Waals surface area (Å²) in [6.45, 7) is 11.3. The highest BCUT2D eigenvalue weighted by atomic mass is 16.6. The molecular formula is C29H56O5. The Kier molecular flexibility index (Phi) is 21.6. The first kappa shape index (κ1) is 32.9. The van der Waals surface area contributed by atoms with Crippen LogP contribution in [-0.4, -0.2) is 36.9 Å². The molecule has 0 aliphatic heterocycles. The minimum Gasteiger partial charge on any atom is -0.480 e. The Morgan fingerprint density at radius 1 is 0.588 bits per heavy atom. The van der Waals surface area contributed by atoms with Gasteiger partial charge in [-0.2, -0.15) is 0 Å². The second kappa shape index (κ2) is 22.4. The van der Waals surface area contributed by atoms with Gasteiger partial charge >= 0.3 is 11.9 Å². The molecule has 5 heteroatoms. The number of rotatable bonds is 24. The predicted molar refractivity (Wildman–Crippen MR) is 141 cm³/mol. The van der Waals surface area contributed by atoms with Crippen LogP contribution in [0.2, 0.25) is 0 Å². The highest BCUT2D eigenvalue weighted by molar-refractivity contribution is 5.72. The van der Waals surface area contributed by atoms with Crippen LogP contribution in [0.25, 0.3) is 0 Å². The zero-order chi connectivity index (χ0) is 25.6. The van der Waals surface area contributed by atoms with E-state index in [0.29, 0.717) is 12.5 Å². The van der Waals surface area contributed by atoms with Crippen molar-refractivity contribution in [3.8, 4) is 0 Å². The molecule has 0 rings (SSSR count). The largest absolute Gasteiger partial charge is 0.480 e. The average molecular weight is 485 g/mol. The topological polar surface area (TPSA) is 72.8 Å². The van der Waals surface area contributed by atoms with Gasteiger partial charge in [-0.1, -0.05) is 125 Å². The van der Waals surface area contributed by atoms with E-state index < -0.39 is 18.5 Å². The van der Waals surface area contributed by atoms with E-state index in [1.54, 1.807) is 0 Å². The van der Waals surface area contributed by atoms with Crippen molar-refractivity contribution < 1.29 is 24.2 Å². The normalized spacial score (nSPS) is 14.2. The van der Waals surface area contributed by atoms with Crippen molar-refractivity contribution in [3.05, 3.63) is 0 Å². The van der Waals surface area contributed by atoms with Crippen molar-refractivity contribution in [2.45, 2.75) is 131 Å². The zero-order valence-electron chi connectivity index (χ0n) is 23.1. The van der Waals surface area contributed by atoms with Crippen LogP contribution in [0.1, 0.15) is 131 Å². The quantitative estimate of drug-likeness (QED) is 0.111. The van der Waals surface area contributed by atoms with Crippen LogP contribution in [0.3, 0.4) is 0 Å². The Bertz CT molecular complexity index is 491. The van der Waals surface area contributed by atoms with E-state index in [4.69, 9.17) is 14.6 Å². The van der Waals surface area contributed by atoms with Crippen molar-refractivity contribution in [3.63, 3.8) is 0 Å². The summed E-state index contributed by atoms with van der Waals surface area (Å²) in [5, 5.41) is 8.46. The van der Waals surface area contributed by atoms with Crippen LogP contribution in [0.15, 0.2) is 0 Å². The summed E-state index contributed by atoms with van der Waals surface area (Å²) in [5.41, 5.74) is 0. The van der Waals surface area contributed by atoms with E-state index in [9.17, 15) is 9.59 Å². The lowest BCUT2D eigenvalue weighted by atomic mass is 9.91. The summed E-state index contributed by atoms with van der Waals surface area (Å²) in [6.07, 6.45) is 19.7. The smallest absolute Gasteiger partial charge is 0.332 e. The summed E-state index contributed by atoms with van der Waals surface area (Å²) in [5.74, 6) is 1.58. The van der Waals surface area contributed by atoms with Crippen molar-refractivity contribution in [1.29, 1.82) is 0 Å². The van der Waals surface area contributed by atoms with Gasteiger partial charge in [0.1, 0.15) is 13.2 Å². The van der Waals surface area contributed by atoms with Gasteiger partial charge in [0.05, 0.1) is 6.61 Å². The molecule has 0 aromatic carbocycles. The summed E-state index contributed by atoms with van der Waals surface area (Å²) < 4.78 is 9.80. The standard InChI is InChI=1S/C29H56O5/c1-24(2)14-12-17-26(4)19-13-18-25(3)15-10-8-6-7-9-11-16-27(5)20-21-34-29(32)23-33-22-28(30)31/h24-27H,6-23H2,1-5H3,(H,30,31). The number of unbranched alkanes of at least 4 members (excludes halogenated alkanes) is 5. The van der Waals surface area contributed by atoms with Gasteiger partial charge in [-0.25, -0.2) is 9.59 Å². The van der Waals surface area contributed by atoms with Gasteiger partial charge < -0.3 is 14.6 Å². The molecule has 0 amide bonds. The summed E-state index contributed by atoms with van der Waals surface area (Å²) in [7, 11) is 0. The van der Waals surface area contributed by atoms with Crippen LogP contribution >= 0.6 is 0 Å². The maximum Gasteiger partial charge on any atom is 0.332 e. The first-order valence-corrected chi connectivity index (χ1v) is 14.2. The molecule has 5 nitrogen and oxygen atoms in total. The number of esters is 1. The molecular weight excluding hydrogens is 428 g/mol. The third-order valence-electron chi connectivity index (χ3n) is 6.84.